The number of nitrogens with one attached hydrogen (secondary N) is 1. The molecule has 1 aliphatic heterocycles. The van der Waals surface area contributed by atoms with Gasteiger partial charge in [-0.2, -0.15) is 10.1 Å². The standard InChI is InChI=1S/C18H23N5O2/c1-3-15-6-4-5-11-23(15)18-21-16(12-19-22-18)20-14-9-7-13(8-10-14)17(24)25-2/h7-10,12,15H,3-6,11H2,1-2H3,(H,20,21,22). The van der Waals surface area contributed by atoms with Crippen LogP contribution in [0.15, 0.2) is 30.5 Å². The number of aromatic nitrogens is 3. The van der Waals surface area contributed by atoms with Gasteiger partial charge in [-0.1, -0.05) is 6.92 Å². The highest BCUT2D eigenvalue weighted by Crippen LogP contribution is 2.24. The van der Waals surface area contributed by atoms with Crippen molar-refractivity contribution in [3.05, 3.63) is 36.0 Å². The summed E-state index contributed by atoms with van der Waals surface area (Å²) >= 11 is 0. The lowest BCUT2D eigenvalue weighted by molar-refractivity contribution is 0.0601. The molecule has 0 bridgehead atoms. The first-order chi connectivity index (χ1) is 12.2. The second-order valence-corrected chi connectivity index (χ2v) is 6.09. The smallest absolute Gasteiger partial charge is 0.337 e. The fraction of sp³-hybridized carbons (Fsp3) is 0.444. The van der Waals surface area contributed by atoms with Crippen LogP contribution in [-0.4, -0.2) is 40.8 Å². The Morgan fingerprint density at radius 2 is 2.12 bits per heavy atom. The van der Waals surface area contributed by atoms with Gasteiger partial charge in [-0.3, -0.25) is 0 Å². The van der Waals surface area contributed by atoms with Gasteiger partial charge in [0.2, 0.25) is 5.95 Å². The molecule has 3 rings (SSSR count). The number of methoxy groups -OCH3 is 1. The van der Waals surface area contributed by atoms with Crippen molar-refractivity contribution < 1.29 is 9.53 Å². The maximum absolute atomic E-state index is 11.5. The van der Waals surface area contributed by atoms with E-state index >= 15 is 0 Å². The van der Waals surface area contributed by atoms with E-state index in [1.165, 1.54) is 20.0 Å². The van der Waals surface area contributed by atoms with Gasteiger partial charge in [-0.05, 0) is 49.9 Å². The first-order valence-corrected chi connectivity index (χ1v) is 8.63. The van der Waals surface area contributed by atoms with Crippen molar-refractivity contribution in [2.24, 2.45) is 0 Å². The topological polar surface area (TPSA) is 80.2 Å². The minimum atomic E-state index is -0.353. The van der Waals surface area contributed by atoms with Crippen molar-refractivity contribution in [3.8, 4) is 0 Å². The summed E-state index contributed by atoms with van der Waals surface area (Å²) in [5.74, 6) is 0.951. The molecule has 2 aromatic rings. The summed E-state index contributed by atoms with van der Waals surface area (Å²) < 4.78 is 4.70. The molecule has 1 fully saturated rings. The van der Waals surface area contributed by atoms with E-state index < -0.39 is 0 Å². The normalized spacial score (nSPS) is 17.2. The van der Waals surface area contributed by atoms with E-state index in [1.807, 2.05) is 12.1 Å². The molecular formula is C18H23N5O2. The lowest BCUT2D eigenvalue weighted by Crippen LogP contribution is -2.40. The maximum Gasteiger partial charge on any atom is 0.337 e. The summed E-state index contributed by atoms with van der Waals surface area (Å²) in [5.41, 5.74) is 1.33. The Bertz CT molecular complexity index is 720. The third-order valence-electron chi connectivity index (χ3n) is 4.48. The van der Waals surface area contributed by atoms with Crippen LogP contribution in [0.5, 0.6) is 0 Å². The van der Waals surface area contributed by atoms with Crippen LogP contribution in [0, 0.1) is 0 Å². The van der Waals surface area contributed by atoms with Gasteiger partial charge in [0.05, 0.1) is 18.9 Å². The number of esters is 1. The predicted molar refractivity (Wildman–Crippen MR) is 96.2 cm³/mol. The Labute approximate surface area is 147 Å². The summed E-state index contributed by atoms with van der Waals surface area (Å²) in [5, 5.41) is 11.5. The highest BCUT2D eigenvalue weighted by molar-refractivity contribution is 5.89. The molecule has 0 aliphatic carbocycles. The van der Waals surface area contributed by atoms with Crippen molar-refractivity contribution in [2.45, 2.75) is 38.6 Å². The summed E-state index contributed by atoms with van der Waals surface area (Å²) in [6, 6.07) is 7.52. The molecule has 1 aromatic heterocycles. The molecule has 0 saturated carbocycles. The molecule has 7 heteroatoms. The zero-order chi connectivity index (χ0) is 17.6. The Balaban J connectivity index is 1.74. The highest BCUT2D eigenvalue weighted by Gasteiger charge is 2.23. The van der Waals surface area contributed by atoms with Crippen molar-refractivity contribution in [1.82, 2.24) is 15.2 Å². The number of carbonyl (C=O) groups is 1. The quantitative estimate of drug-likeness (QED) is 0.837. The number of benzene rings is 1. The van der Waals surface area contributed by atoms with Gasteiger partial charge < -0.3 is 15.0 Å². The third kappa shape index (κ3) is 4.04. The molecule has 1 unspecified atom stereocenters. The van der Waals surface area contributed by atoms with Gasteiger partial charge in [-0.25, -0.2) is 4.79 Å². The molecule has 0 spiro atoms. The van der Waals surface area contributed by atoms with Crippen LogP contribution < -0.4 is 10.2 Å². The third-order valence-corrected chi connectivity index (χ3v) is 4.48. The Morgan fingerprint density at radius 1 is 1.32 bits per heavy atom. The van der Waals surface area contributed by atoms with Crippen LogP contribution in [0.2, 0.25) is 0 Å². The molecule has 132 valence electrons. The van der Waals surface area contributed by atoms with E-state index in [4.69, 9.17) is 4.74 Å². The molecular weight excluding hydrogens is 318 g/mol. The average molecular weight is 341 g/mol. The van der Waals surface area contributed by atoms with Gasteiger partial charge >= 0.3 is 5.97 Å². The molecule has 7 nitrogen and oxygen atoms in total. The minimum absolute atomic E-state index is 0.353. The van der Waals surface area contributed by atoms with Crippen LogP contribution in [0.4, 0.5) is 17.5 Å². The number of hydrogen-bond acceptors (Lipinski definition) is 7. The summed E-state index contributed by atoms with van der Waals surface area (Å²) in [4.78, 5) is 18.3. The maximum atomic E-state index is 11.5. The zero-order valence-electron chi connectivity index (χ0n) is 14.6. The van der Waals surface area contributed by atoms with E-state index in [2.05, 4.69) is 32.3 Å². The zero-order valence-corrected chi connectivity index (χ0v) is 14.6. The average Bonchev–Trinajstić information content (AvgIpc) is 2.68. The monoisotopic (exact) mass is 341 g/mol. The number of ether oxygens (including phenoxy) is 1. The van der Waals surface area contributed by atoms with Crippen molar-refractivity contribution >= 4 is 23.4 Å². The largest absolute Gasteiger partial charge is 0.465 e. The molecule has 2 heterocycles. The minimum Gasteiger partial charge on any atom is -0.465 e. The Morgan fingerprint density at radius 3 is 2.84 bits per heavy atom. The number of rotatable bonds is 5. The van der Waals surface area contributed by atoms with E-state index in [0.29, 0.717) is 23.4 Å². The summed E-state index contributed by atoms with van der Waals surface area (Å²) in [7, 11) is 1.37. The fourth-order valence-electron chi connectivity index (χ4n) is 3.12. The van der Waals surface area contributed by atoms with E-state index in [9.17, 15) is 4.79 Å². The molecule has 1 N–H and O–H groups in total. The molecule has 1 aromatic carbocycles. The van der Waals surface area contributed by atoms with Crippen molar-refractivity contribution in [1.29, 1.82) is 0 Å². The number of piperidine rings is 1. The number of carbonyl (C=O) groups excluding carboxylic acids is 1. The van der Waals surface area contributed by atoms with Gasteiger partial charge in [0.25, 0.3) is 0 Å². The molecule has 1 atom stereocenters. The first kappa shape index (κ1) is 17.1. The van der Waals surface area contributed by atoms with Crippen molar-refractivity contribution in [2.75, 3.05) is 23.9 Å². The summed E-state index contributed by atoms with van der Waals surface area (Å²) in [6.45, 7) is 3.17. The highest BCUT2D eigenvalue weighted by atomic mass is 16.5. The number of anilines is 3. The molecule has 1 saturated heterocycles. The van der Waals surface area contributed by atoms with Crippen LogP contribution in [0.3, 0.4) is 0 Å². The van der Waals surface area contributed by atoms with Gasteiger partial charge in [0, 0.05) is 18.3 Å². The van der Waals surface area contributed by atoms with Gasteiger partial charge in [0.1, 0.15) is 0 Å². The van der Waals surface area contributed by atoms with E-state index in [1.54, 1.807) is 18.3 Å². The SMILES string of the molecule is CCC1CCCCN1c1nncc(Nc2ccc(C(=O)OC)cc2)n1. The molecule has 1 aliphatic rings. The van der Waals surface area contributed by atoms with Gasteiger partial charge in [-0.15, -0.1) is 5.10 Å². The number of nitrogens with zero attached hydrogens (tertiary/aromatic N) is 4. The van der Waals surface area contributed by atoms with Crippen LogP contribution in [0.1, 0.15) is 43.0 Å². The van der Waals surface area contributed by atoms with Crippen LogP contribution >= 0.6 is 0 Å². The molecule has 25 heavy (non-hydrogen) atoms. The lowest BCUT2D eigenvalue weighted by Gasteiger charge is -2.34. The molecule has 0 radical (unpaired) electrons. The second-order valence-electron chi connectivity index (χ2n) is 6.09. The number of hydrogen-bond donors (Lipinski definition) is 1. The molecule has 0 amide bonds. The Hall–Kier alpha value is -2.70. The predicted octanol–water partition coefficient (Wildman–Crippen LogP) is 3.17. The van der Waals surface area contributed by atoms with Crippen LogP contribution in [-0.2, 0) is 4.74 Å². The lowest BCUT2D eigenvalue weighted by atomic mass is 10.0. The summed E-state index contributed by atoms with van der Waals surface area (Å²) in [6.07, 6.45) is 6.27. The van der Waals surface area contributed by atoms with E-state index in [-0.39, 0.29) is 5.97 Å². The Kier molecular flexibility index (Phi) is 5.42. The van der Waals surface area contributed by atoms with Crippen LogP contribution in [0.25, 0.3) is 0 Å². The van der Waals surface area contributed by atoms with Crippen molar-refractivity contribution in [3.63, 3.8) is 0 Å². The van der Waals surface area contributed by atoms with E-state index in [0.717, 1.165) is 25.1 Å². The fourth-order valence-corrected chi connectivity index (χ4v) is 3.12. The second kappa shape index (κ2) is 7.92. The first-order valence-electron chi connectivity index (χ1n) is 8.63. The van der Waals surface area contributed by atoms with Gasteiger partial charge in [0.15, 0.2) is 5.82 Å².